The summed E-state index contributed by atoms with van der Waals surface area (Å²) < 4.78 is 38.6. The van der Waals surface area contributed by atoms with E-state index in [0.29, 0.717) is 23.5 Å². The van der Waals surface area contributed by atoms with Crippen LogP contribution in [0.4, 0.5) is 5.69 Å². The van der Waals surface area contributed by atoms with Crippen molar-refractivity contribution in [2.75, 3.05) is 12.4 Å². The second-order valence-electron chi connectivity index (χ2n) is 7.63. The zero-order valence-corrected chi connectivity index (χ0v) is 19.8. The van der Waals surface area contributed by atoms with Gasteiger partial charge in [0.1, 0.15) is 11.5 Å². The SMILES string of the molecule is COc1ccc(S(=O)(=O)c2c(C(=O)NO)cc(C)c(NCc3cccnc3)c2-c2ccco2)cc1. The van der Waals surface area contributed by atoms with E-state index < -0.39 is 15.7 Å². The predicted molar refractivity (Wildman–Crippen MR) is 128 cm³/mol. The van der Waals surface area contributed by atoms with E-state index in [-0.39, 0.29) is 26.7 Å². The average Bonchev–Trinajstić information content (AvgIpc) is 3.42. The molecule has 0 atom stereocenters. The molecule has 2 heterocycles. The highest BCUT2D eigenvalue weighted by Gasteiger charge is 2.32. The van der Waals surface area contributed by atoms with Gasteiger partial charge in [0.15, 0.2) is 0 Å². The van der Waals surface area contributed by atoms with Crippen molar-refractivity contribution in [3.63, 3.8) is 0 Å². The molecule has 9 nitrogen and oxygen atoms in total. The molecule has 0 spiro atoms. The van der Waals surface area contributed by atoms with Gasteiger partial charge in [-0.15, -0.1) is 0 Å². The van der Waals surface area contributed by atoms with E-state index in [4.69, 9.17) is 9.15 Å². The third kappa shape index (κ3) is 4.75. The number of hydroxylamine groups is 1. The van der Waals surface area contributed by atoms with Gasteiger partial charge >= 0.3 is 0 Å². The molecule has 0 aliphatic rings. The smallest absolute Gasteiger partial charge is 0.276 e. The first-order valence-electron chi connectivity index (χ1n) is 10.5. The first kappa shape index (κ1) is 24.0. The molecule has 4 rings (SSSR count). The molecule has 2 aromatic heterocycles. The Bertz CT molecular complexity index is 1440. The third-order valence-corrected chi connectivity index (χ3v) is 7.28. The number of ether oxygens (including phenoxy) is 1. The zero-order valence-electron chi connectivity index (χ0n) is 19.0. The third-order valence-electron chi connectivity index (χ3n) is 5.42. The largest absolute Gasteiger partial charge is 0.497 e. The molecule has 1 amide bonds. The second kappa shape index (κ2) is 10.00. The first-order chi connectivity index (χ1) is 16.9. The summed E-state index contributed by atoms with van der Waals surface area (Å²) in [6.45, 7) is 2.08. The normalized spacial score (nSPS) is 11.2. The summed E-state index contributed by atoms with van der Waals surface area (Å²) in [6.07, 6.45) is 4.76. The van der Waals surface area contributed by atoms with Crippen molar-refractivity contribution in [1.82, 2.24) is 10.5 Å². The highest BCUT2D eigenvalue weighted by atomic mass is 32.2. The Morgan fingerprint density at radius 1 is 1.14 bits per heavy atom. The monoisotopic (exact) mass is 493 g/mol. The number of aryl methyl sites for hydroxylation is 1. The Hall–Kier alpha value is -4.15. The number of hydrogen-bond acceptors (Lipinski definition) is 8. The van der Waals surface area contributed by atoms with Crippen molar-refractivity contribution in [3.8, 4) is 17.1 Å². The van der Waals surface area contributed by atoms with Crippen LogP contribution in [-0.2, 0) is 16.4 Å². The van der Waals surface area contributed by atoms with Crippen molar-refractivity contribution < 1.29 is 27.6 Å². The first-order valence-corrected chi connectivity index (χ1v) is 12.0. The van der Waals surface area contributed by atoms with E-state index in [2.05, 4.69) is 10.3 Å². The number of furan rings is 1. The van der Waals surface area contributed by atoms with Crippen LogP contribution in [0.15, 0.2) is 87.5 Å². The van der Waals surface area contributed by atoms with Gasteiger partial charge in [0.2, 0.25) is 9.84 Å². The van der Waals surface area contributed by atoms with Gasteiger partial charge < -0.3 is 14.5 Å². The molecule has 35 heavy (non-hydrogen) atoms. The minimum Gasteiger partial charge on any atom is -0.497 e. The molecule has 0 saturated carbocycles. The molecular formula is C25H23N3O6S. The lowest BCUT2D eigenvalue weighted by atomic mass is 10.00. The lowest BCUT2D eigenvalue weighted by Gasteiger charge is -2.21. The summed E-state index contributed by atoms with van der Waals surface area (Å²) in [4.78, 5) is 16.4. The molecule has 0 saturated heterocycles. The predicted octanol–water partition coefficient (Wildman–Crippen LogP) is 4.22. The Morgan fingerprint density at radius 3 is 2.51 bits per heavy atom. The summed E-state index contributed by atoms with van der Waals surface area (Å²) in [7, 11) is -2.79. The van der Waals surface area contributed by atoms with Crippen LogP contribution in [0.5, 0.6) is 5.75 Å². The van der Waals surface area contributed by atoms with Crippen LogP contribution in [0.3, 0.4) is 0 Å². The number of anilines is 1. The van der Waals surface area contributed by atoms with E-state index in [1.165, 1.54) is 43.7 Å². The minimum atomic E-state index is -4.27. The van der Waals surface area contributed by atoms with Crippen LogP contribution in [0.1, 0.15) is 21.5 Å². The molecule has 0 bridgehead atoms. The standard InChI is InChI=1S/C25H23N3O6S/c1-16-13-20(25(29)28-30)24(35(31,32)19-9-7-18(33-2)8-10-19)22(21-6-4-12-34-21)23(16)27-15-17-5-3-11-26-14-17/h3-14,27,30H,15H2,1-2H3,(H,28,29). The lowest BCUT2D eigenvalue weighted by molar-refractivity contribution is 0.0702. The number of aromatic nitrogens is 1. The molecule has 0 aliphatic carbocycles. The number of carbonyl (C=O) groups excluding carboxylic acids is 1. The number of amides is 1. The Morgan fingerprint density at radius 2 is 1.91 bits per heavy atom. The fraction of sp³-hybridized carbons (Fsp3) is 0.120. The number of nitrogens with zero attached hydrogens (tertiary/aromatic N) is 1. The van der Waals surface area contributed by atoms with Gasteiger partial charge in [0.25, 0.3) is 5.91 Å². The maximum absolute atomic E-state index is 13.9. The summed E-state index contributed by atoms with van der Waals surface area (Å²) in [6, 6.07) is 14.1. The zero-order chi connectivity index (χ0) is 25.0. The molecule has 4 aromatic rings. The lowest BCUT2D eigenvalue weighted by Crippen LogP contribution is -2.23. The summed E-state index contributed by atoms with van der Waals surface area (Å²) in [5, 5.41) is 12.7. The van der Waals surface area contributed by atoms with Gasteiger partial charge in [-0.1, -0.05) is 6.07 Å². The van der Waals surface area contributed by atoms with Crippen LogP contribution < -0.4 is 15.5 Å². The highest BCUT2D eigenvalue weighted by molar-refractivity contribution is 7.91. The molecule has 0 radical (unpaired) electrons. The maximum Gasteiger partial charge on any atom is 0.276 e. The Kier molecular flexibility index (Phi) is 6.85. The average molecular weight is 494 g/mol. The number of nitrogens with one attached hydrogen (secondary N) is 2. The number of rotatable bonds is 8. The van der Waals surface area contributed by atoms with Crippen molar-refractivity contribution in [2.45, 2.75) is 23.3 Å². The van der Waals surface area contributed by atoms with E-state index >= 15 is 0 Å². The Labute approximate surface area is 202 Å². The molecule has 0 aliphatic heterocycles. The maximum atomic E-state index is 13.9. The summed E-state index contributed by atoms with van der Waals surface area (Å²) in [5.74, 6) is -0.250. The van der Waals surface area contributed by atoms with Crippen LogP contribution in [0.2, 0.25) is 0 Å². The van der Waals surface area contributed by atoms with Crippen LogP contribution in [0, 0.1) is 6.92 Å². The van der Waals surface area contributed by atoms with E-state index in [0.717, 1.165) is 5.56 Å². The second-order valence-corrected chi connectivity index (χ2v) is 9.52. The molecule has 0 fully saturated rings. The van der Waals surface area contributed by atoms with Crippen molar-refractivity contribution in [3.05, 3.63) is 89.9 Å². The van der Waals surface area contributed by atoms with Gasteiger partial charge in [-0.3, -0.25) is 15.0 Å². The van der Waals surface area contributed by atoms with E-state index in [1.54, 1.807) is 43.0 Å². The van der Waals surface area contributed by atoms with Crippen molar-refractivity contribution in [2.24, 2.45) is 0 Å². The van der Waals surface area contributed by atoms with Crippen LogP contribution >= 0.6 is 0 Å². The molecule has 3 N–H and O–H groups in total. The van der Waals surface area contributed by atoms with Crippen molar-refractivity contribution >= 4 is 21.4 Å². The fourth-order valence-corrected chi connectivity index (χ4v) is 5.40. The number of benzene rings is 2. The summed E-state index contributed by atoms with van der Waals surface area (Å²) in [5.41, 5.74) is 3.42. The highest BCUT2D eigenvalue weighted by Crippen LogP contribution is 2.42. The quantitative estimate of drug-likeness (QED) is 0.246. The number of carbonyl (C=O) groups is 1. The van der Waals surface area contributed by atoms with Gasteiger partial charge in [0.05, 0.1) is 34.3 Å². The molecule has 10 heteroatoms. The van der Waals surface area contributed by atoms with Gasteiger partial charge in [-0.2, -0.15) is 0 Å². The molecular weight excluding hydrogens is 470 g/mol. The van der Waals surface area contributed by atoms with Gasteiger partial charge in [-0.25, -0.2) is 13.9 Å². The number of pyridine rings is 1. The fourth-order valence-electron chi connectivity index (χ4n) is 3.76. The van der Waals surface area contributed by atoms with Crippen molar-refractivity contribution in [1.29, 1.82) is 0 Å². The number of sulfone groups is 1. The van der Waals surface area contributed by atoms with E-state index in [1.807, 2.05) is 6.07 Å². The van der Waals surface area contributed by atoms with E-state index in [9.17, 15) is 18.4 Å². The Balaban J connectivity index is 1.99. The summed E-state index contributed by atoms with van der Waals surface area (Å²) >= 11 is 0. The number of methoxy groups -OCH3 is 1. The number of hydrogen-bond donors (Lipinski definition) is 3. The molecule has 0 unspecified atom stereocenters. The molecule has 180 valence electrons. The molecule has 2 aromatic carbocycles. The van der Waals surface area contributed by atoms with Crippen LogP contribution in [0.25, 0.3) is 11.3 Å². The minimum absolute atomic E-state index is 0.0554. The van der Waals surface area contributed by atoms with Gasteiger partial charge in [0, 0.05) is 24.6 Å². The van der Waals surface area contributed by atoms with Crippen LogP contribution in [-0.4, -0.2) is 31.6 Å². The topological polar surface area (TPSA) is 131 Å². The van der Waals surface area contributed by atoms with Gasteiger partial charge in [-0.05, 0) is 66.6 Å².